The summed E-state index contributed by atoms with van der Waals surface area (Å²) in [7, 11) is 0. The lowest BCUT2D eigenvalue weighted by molar-refractivity contribution is 0.122. The summed E-state index contributed by atoms with van der Waals surface area (Å²) >= 11 is 0. The number of pyridine rings is 1. The molecule has 1 aliphatic rings. The highest BCUT2D eigenvalue weighted by molar-refractivity contribution is 5.45. The third kappa shape index (κ3) is 3.47. The number of aromatic nitrogens is 1. The fraction of sp³-hybridized carbons (Fsp3) is 0.688. The molecule has 0 spiro atoms. The third-order valence-corrected chi connectivity index (χ3v) is 3.92. The molecule has 1 aromatic heterocycles. The Morgan fingerprint density at radius 1 is 1.05 bits per heavy atom. The van der Waals surface area contributed by atoms with E-state index >= 15 is 0 Å². The number of nitrogens with zero attached hydrogens (tertiary/aromatic N) is 2. The van der Waals surface area contributed by atoms with Crippen LogP contribution in [0.3, 0.4) is 0 Å². The number of rotatable bonds is 4. The molecule has 0 unspecified atom stereocenters. The Balaban J connectivity index is 2.12. The van der Waals surface area contributed by atoms with Crippen molar-refractivity contribution in [3.05, 3.63) is 24.0 Å². The summed E-state index contributed by atoms with van der Waals surface area (Å²) < 4.78 is 5.38. The summed E-state index contributed by atoms with van der Waals surface area (Å²) in [5.74, 6) is 1.79. The van der Waals surface area contributed by atoms with E-state index in [4.69, 9.17) is 9.72 Å². The van der Waals surface area contributed by atoms with Gasteiger partial charge in [0.1, 0.15) is 0 Å². The molecule has 0 amide bonds. The van der Waals surface area contributed by atoms with E-state index in [1.54, 1.807) is 0 Å². The van der Waals surface area contributed by atoms with Crippen molar-refractivity contribution >= 4 is 5.69 Å². The molecule has 0 atom stereocenters. The molecule has 1 aliphatic heterocycles. The first-order valence-electron chi connectivity index (χ1n) is 7.38. The number of morpholine rings is 1. The predicted molar refractivity (Wildman–Crippen MR) is 79.7 cm³/mol. The molecule has 3 heteroatoms. The van der Waals surface area contributed by atoms with E-state index in [1.165, 1.54) is 11.4 Å². The van der Waals surface area contributed by atoms with E-state index in [0.717, 1.165) is 26.3 Å². The van der Waals surface area contributed by atoms with Gasteiger partial charge in [0.05, 0.1) is 25.1 Å². The third-order valence-electron chi connectivity index (χ3n) is 3.92. The Hall–Kier alpha value is -1.09. The minimum atomic E-state index is 0.540. The molecule has 0 aromatic carbocycles. The maximum absolute atomic E-state index is 5.38. The first-order chi connectivity index (χ1) is 9.09. The van der Waals surface area contributed by atoms with Gasteiger partial charge in [-0.25, -0.2) is 0 Å². The second-order valence-electron chi connectivity index (χ2n) is 6.05. The molecule has 0 aliphatic carbocycles. The lowest BCUT2D eigenvalue weighted by atomic mass is 9.83. The molecule has 106 valence electrons. The first-order valence-corrected chi connectivity index (χ1v) is 7.38. The van der Waals surface area contributed by atoms with Crippen LogP contribution in [-0.2, 0) is 4.74 Å². The minimum Gasteiger partial charge on any atom is -0.378 e. The van der Waals surface area contributed by atoms with Crippen molar-refractivity contribution in [3.8, 4) is 0 Å². The van der Waals surface area contributed by atoms with Crippen LogP contribution < -0.4 is 4.90 Å². The molecule has 19 heavy (non-hydrogen) atoms. The fourth-order valence-electron chi connectivity index (χ4n) is 3.06. The van der Waals surface area contributed by atoms with Gasteiger partial charge < -0.3 is 9.64 Å². The average Bonchev–Trinajstić information content (AvgIpc) is 2.40. The van der Waals surface area contributed by atoms with Crippen molar-refractivity contribution in [2.75, 3.05) is 31.2 Å². The van der Waals surface area contributed by atoms with Crippen molar-refractivity contribution in [2.24, 2.45) is 11.8 Å². The van der Waals surface area contributed by atoms with Gasteiger partial charge in [0.2, 0.25) is 0 Å². The zero-order chi connectivity index (χ0) is 13.8. The maximum atomic E-state index is 5.38. The molecule has 0 N–H and O–H groups in total. The number of hydrogen-bond donors (Lipinski definition) is 0. The summed E-state index contributed by atoms with van der Waals surface area (Å²) in [6, 6.07) is 4.42. The highest BCUT2D eigenvalue weighted by Crippen LogP contribution is 2.31. The number of ether oxygens (including phenoxy) is 1. The van der Waals surface area contributed by atoms with Crippen LogP contribution in [0.15, 0.2) is 18.3 Å². The molecule has 1 aromatic rings. The largest absolute Gasteiger partial charge is 0.378 e. The summed E-state index contributed by atoms with van der Waals surface area (Å²) in [6.45, 7) is 12.7. The molecule has 3 nitrogen and oxygen atoms in total. The van der Waals surface area contributed by atoms with E-state index in [0.29, 0.717) is 17.8 Å². The quantitative estimate of drug-likeness (QED) is 0.832. The number of anilines is 1. The minimum absolute atomic E-state index is 0.540. The highest BCUT2D eigenvalue weighted by Gasteiger charge is 2.21. The first kappa shape index (κ1) is 14.3. The molecule has 2 rings (SSSR count). The lowest BCUT2D eigenvalue weighted by Gasteiger charge is -2.29. The van der Waals surface area contributed by atoms with Crippen molar-refractivity contribution in [1.29, 1.82) is 0 Å². The summed E-state index contributed by atoms with van der Waals surface area (Å²) in [4.78, 5) is 7.06. The summed E-state index contributed by atoms with van der Waals surface area (Å²) in [5, 5.41) is 0. The van der Waals surface area contributed by atoms with Crippen LogP contribution in [0.5, 0.6) is 0 Å². The second kappa shape index (κ2) is 6.38. The standard InChI is InChI=1S/C16H26N2O/c1-12(2)16(13(3)4)15-6-5-14(11-17-15)18-7-9-19-10-8-18/h5-6,11-13,16H,7-10H2,1-4H3. The Labute approximate surface area is 117 Å². The molecule has 1 fully saturated rings. The van der Waals surface area contributed by atoms with Crippen LogP contribution in [0.2, 0.25) is 0 Å². The lowest BCUT2D eigenvalue weighted by Crippen LogP contribution is -2.36. The van der Waals surface area contributed by atoms with Crippen LogP contribution in [0, 0.1) is 11.8 Å². The van der Waals surface area contributed by atoms with Crippen molar-refractivity contribution in [2.45, 2.75) is 33.6 Å². The molecular weight excluding hydrogens is 236 g/mol. The van der Waals surface area contributed by atoms with Crippen LogP contribution >= 0.6 is 0 Å². The van der Waals surface area contributed by atoms with Gasteiger partial charge in [-0.05, 0) is 24.0 Å². The average molecular weight is 262 g/mol. The molecule has 1 saturated heterocycles. The van der Waals surface area contributed by atoms with Crippen LogP contribution in [-0.4, -0.2) is 31.3 Å². The monoisotopic (exact) mass is 262 g/mol. The van der Waals surface area contributed by atoms with Crippen molar-refractivity contribution in [3.63, 3.8) is 0 Å². The fourth-order valence-corrected chi connectivity index (χ4v) is 3.06. The van der Waals surface area contributed by atoms with Gasteiger partial charge in [-0.3, -0.25) is 4.98 Å². The van der Waals surface area contributed by atoms with Crippen LogP contribution in [0.4, 0.5) is 5.69 Å². The van der Waals surface area contributed by atoms with E-state index in [9.17, 15) is 0 Å². The summed E-state index contributed by atoms with van der Waals surface area (Å²) in [6.07, 6.45) is 2.03. The highest BCUT2D eigenvalue weighted by atomic mass is 16.5. The van der Waals surface area contributed by atoms with Gasteiger partial charge in [0.15, 0.2) is 0 Å². The predicted octanol–water partition coefficient (Wildman–Crippen LogP) is 3.31. The summed E-state index contributed by atoms with van der Waals surface area (Å²) in [5.41, 5.74) is 2.44. The van der Waals surface area contributed by atoms with Crippen molar-refractivity contribution < 1.29 is 4.74 Å². The van der Waals surface area contributed by atoms with Crippen LogP contribution in [0.1, 0.15) is 39.3 Å². The van der Waals surface area contributed by atoms with E-state index in [-0.39, 0.29) is 0 Å². The van der Waals surface area contributed by atoms with Gasteiger partial charge in [-0.2, -0.15) is 0 Å². The molecule has 0 bridgehead atoms. The van der Waals surface area contributed by atoms with E-state index in [1.807, 2.05) is 6.20 Å². The molecule has 2 heterocycles. The van der Waals surface area contributed by atoms with Crippen LogP contribution in [0.25, 0.3) is 0 Å². The zero-order valence-corrected chi connectivity index (χ0v) is 12.6. The van der Waals surface area contributed by atoms with Gasteiger partial charge >= 0.3 is 0 Å². The molecular formula is C16H26N2O. The molecule has 0 radical (unpaired) electrons. The molecule has 0 saturated carbocycles. The SMILES string of the molecule is CC(C)C(c1ccc(N2CCOCC2)cn1)C(C)C. The maximum Gasteiger partial charge on any atom is 0.0642 e. The van der Waals surface area contributed by atoms with Gasteiger partial charge in [0.25, 0.3) is 0 Å². The zero-order valence-electron chi connectivity index (χ0n) is 12.6. The Morgan fingerprint density at radius 2 is 1.68 bits per heavy atom. The normalized spacial score (nSPS) is 16.7. The topological polar surface area (TPSA) is 25.4 Å². The number of hydrogen-bond acceptors (Lipinski definition) is 3. The Kier molecular flexibility index (Phi) is 4.81. The Morgan fingerprint density at radius 3 is 2.16 bits per heavy atom. The van der Waals surface area contributed by atoms with Gasteiger partial charge in [0, 0.05) is 24.7 Å². The van der Waals surface area contributed by atoms with Gasteiger partial charge in [-0.15, -0.1) is 0 Å². The smallest absolute Gasteiger partial charge is 0.0642 e. The second-order valence-corrected chi connectivity index (χ2v) is 6.05. The van der Waals surface area contributed by atoms with Crippen molar-refractivity contribution in [1.82, 2.24) is 4.98 Å². The van der Waals surface area contributed by atoms with E-state index in [2.05, 4.69) is 44.7 Å². The van der Waals surface area contributed by atoms with E-state index < -0.39 is 0 Å². The van der Waals surface area contributed by atoms with Gasteiger partial charge in [-0.1, -0.05) is 27.7 Å². The Bertz CT molecular complexity index is 372.